The van der Waals surface area contributed by atoms with E-state index in [1.54, 1.807) is 12.4 Å². The standard InChI is InChI=1S/C19H17N5O/c1-2-3-8-22-19(25)14-11-23-17-12-6-4-9-20-15(12)16-13(18(17)24-14)7-5-10-21-16/h4-7,9-11H,2-3,8H2,1H3,(H,22,25). The van der Waals surface area contributed by atoms with Crippen LogP contribution in [0.1, 0.15) is 30.3 Å². The molecule has 0 saturated heterocycles. The van der Waals surface area contributed by atoms with Crippen LogP contribution in [0.3, 0.4) is 0 Å². The molecule has 0 spiro atoms. The van der Waals surface area contributed by atoms with Crippen LogP contribution >= 0.6 is 0 Å². The first-order chi connectivity index (χ1) is 12.3. The maximum atomic E-state index is 12.3. The zero-order chi connectivity index (χ0) is 17.2. The third-order valence-corrected chi connectivity index (χ3v) is 4.17. The Kier molecular flexibility index (Phi) is 3.93. The molecule has 25 heavy (non-hydrogen) atoms. The normalized spacial score (nSPS) is 11.2. The lowest BCUT2D eigenvalue weighted by Gasteiger charge is -2.09. The molecule has 0 saturated carbocycles. The van der Waals surface area contributed by atoms with Crippen LogP contribution in [0.15, 0.2) is 42.9 Å². The number of pyridine rings is 2. The Morgan fingerprint density at radius 3 is 2.28 bits per heavy atom. The third kappa shape index (κ3) is 2.65. The number of carbonyl (C=O) groups is 1. The molecule has 0 aliphatic rings. The highest BCUT2D eigenvalue weighted by Crippen LogP contribution is 2.30. The minimum Gasteiger partial charge on any atom is -0.351 e. The van der Waals surface area contributed by atoms with Gasteiger partial charge in [0.15, 0.2) is 0 Å². The van der Waals surface area contributed by atoms with E-state index in [2.05, 4.69) is 32.2 Å². The van der Waals surface area contributed by atoms with E-state index in [-0.39, 0.29) is 5.91 Å². The lowest BCUT2D eigenvalue weighted by molar-refractivity contribution is 0.0948. The Bertz CT molecular complexity index is 1060. The molecule has 0 bridgehead atoms. The first kappa shape index (κ1) is 15.4. The van der Waals surface area contributed by atoms with Crippen molar-refractivity contribution >= 4 is 38.7 Å². The van der Waals surface area contributed by atoms with Crippen LogP contribution in [0.5, 0.6) is 0 Å². The van der Waals surface area contributed by atoms with Crippen molar-refractivity contribution in [2.45, 2.75) is 19.8 Å². The van der Waals surface area contributed by atoms with Crippen LogP contribution in [0.4, 0.5) is 0 Å². The zero-order valence-corrected chi connectivity index (χ0v) is 13.9. The van der Waals surface area contributed by atoms with Gasteiger partial charge in [0.05, 0.1) is 28.3 Å². The summed E-state index contributed by atoms with van der Waals surface area (Å²) in [6.45, 7) is 2.72. The number of unbranched alkanes of at least 4 members (excludes halogenated alkanes) is 1. The van der Waals surface area contributed by atoms with E-state index in [9.17, 15) is 4.79 Å². The predicted octanol–water partition coefficient (Wildman–Crippen LogP) is 3.26. The Morgan fingerprint density at radius 1 is 0.960 bits per heavy atom. The summed E-state index contributed by atoms with van der Waals surface area (Å²) in [6, 6.07) is 7.61. The molecular weight excluding hydrogens is 314 g/mol. The summed E-state index contributed by atoms with van der Waals surface area (Å²) in [5, 5.41) is 4.61. The van der Waals surface area contributed by atoms with Gasteiger partial charge in [-0.2, -0.15) is 0 Å². The Hall–Kier alpha value is -3.15. The fourth-order valence-electron chi connectivity index (χ4n) is 2.92. The van der Waals surface area contributed by atoms with Crippen molar-refractivity contribution in [1.29, 1.82) is 0 Å². The van der Waals surface area contributed by atoms with Gasteiger partial charge >= 0.3 is 0 Å². The highest BCUT2D eigenvalue weighted by atomic mass is 16.1. The molecule has 3 heterocycles. The average Bonchev–Trinajstić information content (AvgIpc) is 2.68. The van der Waals surface area contributed by atoms with Gasteiger partial charge < -0.3 is 5.32 Å². The number of rotatable bonds is 4. The van der Waals surface area contributed by atoms with Gasteiger partial charge in [-0.15, -0.1) is 0 Å². The molecule has 1 N–H and O–H groups in total. The zero-order valence-electron chi connectivity index (χ0n) is 13.9. The molecule has 0 aliphatic carbocycles. The maximum Gasteiger partial charge on any atom is 0.271 e. The summed E-state index contributed by atoms with van der Waals surface area (Å²) in [7, 11) is 0. The molecule has 1 aromatic carbocycles. The van der Waals surface area contributed by atoms with Gasteiger partial charge in [-0.1, -0.05) is 13.3 Å². The summed E-state index contributed by atoms with van der Waals surface area (Å²) < 4.78 is 0. The summed E-state index contributed by atoms with van der Waals surface area (Å²) in [6.07, 6.45) is 6.97. The molecule has 1 amide bonds. The number of amides is 1. The molecule has 0 atom stereocenters. The molecule has 0 fully saturated rings. The lowest BCUT2D eigenvalue weighted by atomic mass is 10.1. The van der Waals surface area contributed by atoms with Crippen molar-refractivity contribution in [3.05, 3.63) is 48.5 Å². The van der Waals surface area contributed by atoms with Gasteiger partial charge in [0.1, 0.15) is 5.69 Å². The predicted molar refractivity (Wildman–Crippen MR) is 97.4 cm³/mol. The Balaban J connectivity index is 1.94. The van der Waals surface area contributed by atoms with Crippen LogP contribution in [-0.2, 0) is 0 Å². The monoisotopic (exact) mass is 331 g/mol. The van der Waals surface area contributed by atoms with Crippen molar-refractivity contribution in [1.82, 2.24) is 25.3 Å². The lowest BCUT2D eigenvalue weighted by Crippen LogP contribution is -2.25. The SMILES string of the molecule is CCCCNC(=O)c1cnc2c3cccnc3c3ncccc3c2n1. The highest BCUT2D eigenvalue weighted by molar-refractivity contribution is 6.20. The van der Waals surface area contributed by atoms with E-state index in [0.29, 0.717) is 17.8 Å². The average molecular weight is 331 g/mol. The first-order valence-corrected chi connectivity index (χ1v) is 8.36. The summed E-state index contributed by atoms with van der Waals surface area (Å²) in [4.78, 5) is 30.3. The van der Waals surface area contributed by atoms with Crippen LogP contribution in [0.2, 0.25) is 0 Å². The van der Waals surface area contributed by atoms with Crippen LogP contribution in [0, 0.1) is 0 Å². The molecule has 6 heteroatoms. The highest BCUT2D eigenvalue weighted by Gasteiger charge is 2.15. The quantitative estimate of drug-likeness (QED) is 0.458. The number of aromatic nitrogens is 4. The number of nitrogens with one attached hydrogen (secondary N) is 1. The second-order valence-electron chi connectivity index (χ2n) is 5.86. The third-order valence-electron chi connectivity index (χ3n) is 4.17. The molecule has 3 aromatic heterocycles. The van der Waals surface area contributed by atoms with E-state index in [0.717, 1.165) is 40.2 Å². The summed E-state index contributed by atoms with van der Waals surface area (Å²) >= 11 is 0. The van der Waals surface area contributed by atoms with E-state index in [4.69, 9.17) is 0 Å². The molecule has 124 valence electrons. The number of hydrogen-bond acceptors (Lipinski definition) is 5. The topological polar surface area (TPSA) is 80.7 Å². The summed E-state index contributed by atoms with van der Waals surface area (Å²) in [5.41, 5.74) is 3.28. The molecule has 0 radical (unpaired) electrons. The Labute approximate surface area is 144 Å². The van der Waals surface area contributed by atoms with Crippen LogP contribution in [0.25, 0.3) is 32.8 Å². The number of fused-ring (bicyclic) bond motifs is 6. The fourth-order valence-corrected chi connectivity index (χ4v) is 2.92. The van der Waals surface area contributed by atoms with Crippen LogP contribution in [-0.4, -0.2) is 32.4 Å². The van der Waals surface area contributed by atoms with Crippen molar-refractivity contribution in [3.63, 3.8) is 0 Å². The number of carbonyl (C=O) groups excluding carboxylic acids is 1. The first-order valence-electron chi connectivity index (χ1n) is 8.36. The summed E-state index contributed by atoms with van der Waals surface area (Å²) in [5.74, 6) is -0.203. The largest absolute Gasteiger partial charge is 0.351 e. The van der Waals surface area contributed by atoms with Gasteiger partial charge in [0.2, 0.25) is 0 Å². The van der Waals surface area contributed by atoms with E-state index >= 15 is 0 Å². The second kappa shape index (κ2) is 6.39. The maximum absolute atomic E-state index is 12.3. The number of hydrogen-bond donors (Lipinski definition) is 1. The van der Waals surface area contributed by atoms with Gasteiger partial charge in [0.25, 0.3) is 5.91 Å². The fraction of sp³-hybridized carbons (Fsp3) is 0.211. The smallest absolute Gasteiger partial charge is 0.271 e. The minimum absolute atomic E-state index is 0.203. The molecule has 4 aromatic rings. The molecular formula is C19H17N5O. The van der Waals surface area contributed by atoms with Gasteiger partial charge in [-0.25, -0.2) is 4.98 Å². The number of benzene rings is 1. The molecule has 0 aliphatic heterocycles. The van der Waals surface area contributed by atoms with E-state index in [1.807, 2.05) is 24.3 Å². The molecule has 0 unspecified atom stereocenters. The van der Waals surface area contributed by atoms with Crippen molar-refractivity contribution in [2.75, 3.05) is 6.54 Å². The molecule has 6 nitrogen and oxygen atoms in total. The van der Waals surface area contributed by atoms with E-state index < -0.39 is 0 Å². The van der Waals surface area contributed by atoms with E-state index in [1.165, 1.54) is 6.20 Å². The molecule has 4 rings (SSSR count). The van der Waals surface area contributed by atoms with Crippen molar-refractivity contribution in [2.24, 2.45) is 0 Å². The van der Waals surface area contributed by atoms with Crippen LogP contribution < -0.4 is 5.32 Å². The van der Waals surface area contributed by atoms with Gasteiger partial charge in [-0.3, -0.25) is 19.7 Å². The van der Waals surface area contributed by atoms with Crippen molar-refractivity contribution < 1.29 is 4.79 Å². The second-order valence-corrected chi connectivity index (χ2v) is 5.86. The van der Waals surface area contributed by atoms with Crippen molar-refractivity contribution in [3.8, 4) is 0 Å². The van der Waals surface area contributed by atoms with Gasteiger partial charge in [-0.05, 0) is 30.7 Å². The number of nitrogens with zero attached hydrogens (tertiary/aromatic N) is 4. The Morgan fingerprint density at radius 2 is 1.60 bits per heavy atom. The van der Waals surface area contributed by atoms with Gasteiger partial charge in [0, 0.05) is 29.7 Å². The minimum atomic E-state index is -0.203.